The minimum absolute atomic E-state index is 0.0206. The van der Waals surface area contributed by atoms with E-state index in [0.29, 0.717) is 5.56 Å². The van der Waals surface area contributed by atoms with Gasteiger partial charge in [0, 0.05) is 11.8 Å². The molecule has 0 saturated carbocycles. The van der Waals surface area contributed by atoms with Crippen LogP contribution in [0, 0.1) is 0 Å². The highest BCUT2D eigenvalue weighted by molar-refractivity contribution is 6.32. The van der Waals surface area contributed by atoms with E-state index in [1.54, 1.807) is 32.9 Å². The molecule has 5 nitrogen and oxygen atoms in total. The Hall–Kier alpha value is -2.87. The molecule has 29 heavy (non-hydrogen) atoms. The number of aromatic nitrogens is 2. The zero-order chi connectivity index (χ0) is 21.4. The first-order chi connectivity index (χ1) is 13.5. The van der Waals surface area contributed by atoms with Gasteiger partial charge in [-0.2, -0.15) is 13.2 Å². The third-order valence-electron chi connectivity index (χ3n) is 3.68. The molecule has 2 aromatic heterocycles. The van der Waals surface area contributed by atoms with Gasteiger partial charge < -0.3 is 9.15 Å². The van der Waals surface area contributed by atoms with Crippen LogP contribution in [-0.2, 0) is 10.9 Å². The average Bonchev–Trinajstić information content (AvgIpc) is 3.05. The number of benzene rings is 1. The third kappa shape index (κ3) is 4.76. The van der Waals surface area contributed by atoms with E-state index in [0.717, 1.165) is 12.1 Å². The van der Waals surface area contributed by atoms with Gasteiger partial charge in [0.05, 0.1) is 11.1 Å². The van der Waals surface area contributed by atoms with Gasteiger partial charge in [0.1, 0.15) is 10.8 Å². The van der Waals surface area contributed by atoms with E-state index in [1.165, 1.54) is 18.3 Å². The molecule has 2 heterocycles. The molecule has 0 aliphatic rings. The zero-order valence-electron chi connectivity index (χ0n) is 15.7. The van der Waals surface area contributed by atoms with E-state index in [2.05, 4.69) is 9.97 Å². The maximum Gasteiger partial charge on any atom is 0.416 e. The van der Waals surface area contributed by atoms with Gasteiger partial charge in [-0.15, -0.1) is 0 Å². The minimum Gasteiger partial charge on any atom is -0.455 e. The van der Waals surface area contributed by atoms with Crippen LogP contribution < -0.4 is 0 Å². The molecule has 152 valence electrons. The molecule has 0 bridgehead atoms. The van der Waals surface area contributed by atoms with Crippen molar-refractivity contribution in [3.05, 3.63) is 59.0 Å². The van der Waals surface area contributed by atoms with Crippen LogP contribution in [0.5, 0.6) is 0 Å². The molecule has 0 aliphatic carbocycles. The van der Waals surface area contributed by atoms with Crippen molar-refractivity contribution in [2.24, 2.45) is 0 Å². The second kappa shape index (κ2) is 7.51. The third-order valence-corrected chi connectivity index (χ3v) is 3.98. The molecular weight excluding hydrogens is 409 g/mol. The Labute approximate surface area is 169 Å². The van der Waals surface area contributed by atoms with E-state index in [-0.39, 0.29) is 28.1 Å². The molecule has 3 aromatic rings. The smallest absolute Gasteiger partial charge is 0.416 e. The molecule has 0 atom stereocenters. The van der Waals surface area contributed by atoms with E-state index in [4.69, 9.17) is 20.8 Å². The number of rotatable bonds is 3. The van der Waals surface area contributed by atoms with Crippen molar-refractivity contribution in [2.75, 3.05) is 0 Å². The number of oxazole rings is 1. The summed E-state index contributed by atoms with van der Waals surface area (Å²) in [5, 5.41) is 0.0763. The number of carbonyl (C=O) groups is 1. The van der Waals surface area contributed by atoms with Crippen molar-refractivity contribution >= 4 is 17.6 Å². The molecule has 0 unspecified atom stereocenters. The predicted molar refractivity (Wildman–Crippen MR) is 100 cm³/mol. The number of esters is 1. The van der Waals surface area contributed by atoms with Gasteiger partial charge in [0.25, 0.3) is 0 Å². The molecule has 3 rings (SSSR count). The van der Waals surface area contributed by atoms with Crippen molar-refractivity contribution in [2.45, 2.75) is 32.5 Å². The van der Waals surface area contributed by atoms with E-state index >= 15 is 0 Å². The molecule has 9 heteroatoms. The molecule has 0 saturated heterocycles. The lowest BCUT2D eigenvalue weighted by molar-refractivity contribution is -0.137. The first-order valence-corrected chi connectivity index (χ1v) is 8.86. The number of ether oxygens (including phenoxy) is 1. The number of hydrogen-bond acceptors (Lipinski definition) is 5. The molecular formula is C20H16ClF3N2O3. The maximum absolute atomic E-state index is 12.8. The lowest BCUT2D eigenvalue weighted by Gasteiger charge is -2.18. The van der Waals surface area contributed by atoms with Crippen molar-refractivity contribution in [3.8, 4) is 22.8 Å². The highest BCUT2D eigenvalue weighted by Gasteiger charge is 2.31. The molecule has 0 amide bonds. The Bertz CT molecular complexity index is 1040. The van der Waals surface area contributed by atoms with Crippen LogP contribution >= 0.6 is 11.6 Å². The summed E-state index contributed by atoms with van der Waals surface area (Å²) >= 11 is 6.12. The SMILES string of the molecule is CC(C)(C)OC(=O)c1nc(-c2ccc(C(F)(F)F)cc2)oc1-c1cccnc1Cl. The van der Waals surface area contributed by atoms with Crippen molar-refractivity contribution in [1.82, 2.24) is 9.97 Å². The van der Waals surface area contributed by atoms with Gasteiger partial charge in [-0.05, 0) is 57.2 Å². The van der Waals surface area contributed by atoms with Crippen LogP contribution in [-0.4, -0.2) is 21.5 Å². The normalized spacial score (nSPS) is 12.1. The van der Waals surface area contributed by atoms with E-state index in [1.807, 2.05) is 0 Å². The van der Waals surface area contributed by atoms with Crippen LogP contribution in [0.2, 0.25) is 5.15 Å². The fraction of sp³-hybridized carbons (Fsp3) is 0.250. The summed E-state index contributed by atoms with van der Waals surface area (Å²) in [6, 6.07) is 7.41. The van der Waals surface area contributed by atoms with Crippen molar-refractivity contribution < 1.29 is 27.1 Å². The number of alkyl halides is 3. The molecule has 1 aromatic carbocycles. The van der Waals surface area contributed by atoms with Crippen LogP contribution in [0.3, 0.4) is 0 Å². The second-order valence-corrected chi connectivity index (χ2v) is 7.47. The highest BCUT2D eigenvalue weighted by Crippen LogP contribution is 2.35. The van der Waals surface area contributed by atoms with Gasteiger partial charge in [0.2, 0.25) is 5.89 Å². The first-order valence-electron chi connectivity index (χ1n) is 8.48. The molecule has 0 spiro atoms. The minimum atomic E-state index is -4.47. The van der Waals surface area contributed by atoms with Crippen LogP contribution in [0.4, 0.5) is 13.2 Å². The lowest BCUT2D eigenvalue weighted by atomic mass is 10.1. The quantitative estimate of drug-likeness (QED) is 0.379. The fourth-order valence-corrected chi connectivity index (χ4v) is 2.65. The number of hydrogen-bond donors (Lipinski definition) is 0. The highest BCUT2D eigenvalue weighted by atomic mass is 35.5. The number of halogens is 4. The lowest BCUT2D eigenvalue weighted by Crippen LogP contribution is -2.24. The summed E-state index contributed by atoms with van der Waals surface area (Å²) in [6.45, 7) is 5.08. The first kappa shape index (κ1) is 20.9. The summed E-state index contributed by atoms with van der Waals surface area (Å²) in [4.78, 5) is 20.8. The van der Waals surface area contributed by atoms with Gasteiger partial charge in [-0.25, -0.2) is 14.8 Å². The second-order valence-electron chi connectivity index (χ2n) is 7.12. The molecule has 0 N–H and O–H groups in total. The standard InChI is InChI=1S/C20H16ClF3N2O3/c1-19(2,3)29-18(27)14-15(13-5-4-10-25-16(13)21)28-17(26-14)11-6-8-12(9-7-11)20(22,23)24/h4-10H,1-3H3. The molecule has 0 aliphatic heterocycles. The predicted octanol–water partition coefficient (Wildman–Crippen LogP) is 6.03. The Kier molecular flexibility index (Phi) is 5.40. The van der Waals surface area contributed by atoms with Gasteiger partial charge in [-0.3, -0.25) is 0 Å². The Morgan fingerprint density at radius 2 is 1.76 bits per heavy atom. The molecule has 0 fully saturated rings. The van der Waals surface area contributed by atoms with Gasteiger partial charge in [0.15, 0.2) is 11.5 Å². The van der Waals surface area contributed by atoms with E-state index < -0.39 is 23.3 Å². The maximum atomic E-state index is 12.8. The summed E-state index contributed by atoms with van der Waals surface area (Å²) < 4.78 is 49.5. The van der Waals surface area contributed by atoms with Crippen molar-refractivity contribution in [1.29, 1.82) is 0 Å². The average molecular weight is 425 g/mol. The fourth-order valence-electron chi connectivity index (χ4n) is 2.45. The number of carbonyl (C=O) groups excluding carboxylic acids is 1. The summed E-state index contributed by atoms with van der Waals surface area (Å²) in [5.74, 6) is -0.781. The van der Waals surface area contributed by atoms with Crippen LogP contribution in [0.15, 0.2) is 47.0 Å². The summed E-state index contributed by atoms with van der Waals surface area (Å²) in [5.41, 5.74) is -1.18. The topological polar surface area (TPSA) is 65.2 Å². The largest absolute Gasteiger partial charge is 0.455 e. The summed E-state index contributed by atoms with van der Waals surface area (Å²) in [6.07, 6.45) is -3.00. The Morgan fingerprint density at radius 3 is 2.31 bits per heavy atom. The van der Waals surface area contributed by atoms with Gasteiger partial charge >= 0.3 is 12.1 Å². The monoisotopic (exact) mass is 424 g/mol. The molecule has 0 radical (unpaired) electrons. The number of pyridine rings is 1. The van der Waals surface area contributed by atoms with Crippen LogP contribution in [0.1, 0.15) is 36.8 Å². The Balaban J connectivity index is 2.09. The number of nitrogens with zero attached hydrogens (tertiary/aromatic N) is 2. The summed E-state index contributed by atoms with van der Waals surface area (Å²) in [7, 11) is 0. The van der Waals surface area contributed by atoms with Crippen molar-refractivity contribution in [3.63, 3.8) is 0 Å². The zero-order valence-corrected chi connectivity index (χ0v) is 16.4. The van der Waals surface area contributed by atoms with Crippen LogP contribution in [0.25, 0.3) is 22.8 Å². The van der Waals surface area contributed by atoms with E-state index in [9.17, 15) is 18.0 Å². The Morgan fingerprint density at radius 1 is 1.10 bits per heavy atom. The van der Waals surface area contributed by atoms with Gasteiger partial charge in [-0.1, -0.05) is 11.6 Å².